The number of thiazole rings is 1. The summed E-state index contributed by atoms with van der Waals surface area (Å²) in [6, 6.07) is 7.37. The maximum Gasteiger partial charge on any atom is 0.268 e. The van der Waals surface area contributed by atoms with Crippen LogP contribution in [0.2, 0.25) is 0 Å². The fraction of sp³-hybridized carbons (Fsp3) is 0.0769. The molecule has 1 aromatic carbocycles. The zero-order valence-electron chi connectivity index (χ0n) is 10.0. The Morgan fingerprint density at radius 2 is 2.37 bits per heavy atom. The Morgan fingerprint density at radius 3 is 3.11 bits per heavy atom. The molecule has 6 heteroatoms. The minimum Gasteiger partial charge on any atom is -0.397 e. The molecule has 2 heterocycles. The maximum absolute atomic E-state index is 12.0. The number of nitrogen functional groups attached to an aromatic ring is 1. The molecular formula is C13H12N4OS. The Bertz CT molecular complexity index is 717. The van der Waals surface area contributed by atoms with Gasteiger partial charge >= 0.3 is 0 Å². The predicted octanol–water partition coefficient (Wildman–Crippen LogP) is 2.14. The first-order chi connectivity index (χ1) is 9.24. The van der Waals surface area contributed by atoms with Crippen molar-refractivity contribution in [1.29, 1.82) is 0 Å². The normalized spacial score (nSPS) is 10.7. The van der Waals surface area contributed by atoms with Gasteiger partial charge in [-0.25, -0.2) is 4.98 Å². The summed E-state index contributed by atoms with van der Waals surface area (Å²) in [6.45, 7) is 0.424. The molecule has 1 amide bonds. The van der Waals surface area contributed by atoms with E-state index in [1.165, 1.54) is 11.3 Å². The first-order valence-electron chi connectivity index (χ1n) is 5.76. The van der Waals surface area contributed by atoms with E-state index in [1.807, 2.05) is 17.5 Å². The lowest BCUT2D eigenvalue weighted by molar-refractivity contribution is 0.0946. The number of hydrogen-bond acceptors (Lipinski definition) is 4. The lowest BCUT2D eigenvalue weighted by Gasteiger charge is -2.00. The van der Waals surface area contributed by atoms with Gasteiger partial charge in [-0.05, 0) is 12.1 Å². The molecule has 0 saturated heterocycles. The van der Waals surface area contributed by atoms with Crippen LogP contribution >= 0.6 is 11.3 Å². The van der Waals surface area contributed by atoms with Crippen LogP contribution in [0.3, 0.4) is 0 Å². The molecule has 3 rings (SSSR count). The molecule has 0 aliphatic heterocycles. The van der Waals surface area contributed by atoms with Crippen molar-refractivity contribution in [3.63, 3.8) is 0 Å². The lowest BCUT2D eigenvalue weighted by atomic mass is 10.2. The number of nitrogens with one attached hydrogen (secondary N) is 2. The summed E-state index contributed by atoms with van der Waals surface area (Å²) in [7, 11) is 0. The standard InChI is InChI=1S/C13H12N4OS/c14-10-3-1-2-8-4-11(17-12(8)10)13(18)15-5-9-6-19-7-16-9/h1-4,6-7,17H,5,14H2,(H,15,18). The molecule has 0 aliphatic rings. The summed E-state index contributed by atoms with van der Waals surface area (Å²) in [5, 5.41) is 5.65. The number of para-hydroxylation sites is 1. The summed E-state index contributed by atoms with van der Waals surface area (Å²) < 4.78 is 0. The van der Waals surface area contributed by atoms with Crippen LogP contribution in [0.25, 0.3) is 10.9 Å². The van der Waals surface area contributed by atoms with Crippen molar-refractivity contribution in [2.45, 2.75) is 6.54 Å². The van der Waals surface area contributed by atoms with E-state index in [4.69, 9.17) is 5.73 Å². The summed E-state index contributed by atoms with van der Waals surface area (Å²) >= 11 is 1.51. The van der Waals surface area contributed by atoms with Crippen molar-refractivity contribution < 1.29 is 4.79 Å². The Balaban J connectivity index is 1.80. The van der Waals surface area contributed by atoms with E-state index in [0.29, 0.717) is 17.9 Å². The quantitative estimate of drug-likeness (QED) is 0.639. The van der Waals surface area contributed by atoms with Crippen molar-refractivity contribution in [2.75, 3.05) is 5.73 Å². The Labute approximate surface area is 113 Å². The van der Waals surface area contributed by atoms with E-state index in [1.54, 1.807) is 17.6 Å². The summed E-state index contributed by atoms with van der Waals surface area (Å²) in [6.07, 6.45) is 0. The zero-order valence-corrected chi connectivity index (χ0v) is 10.8. The second-order valence-electron chi connectivity index (χ2n) is 4.16. The molecule has 5 nitrogen and oxygen atoms in total. The molecule has 0 aliphatic carbocycles. The molecule has 0 bridgehead atoms. The van der Waals surface area contributed by atoms with Gasteiger partial charge < -0.3 is 16.0 Å². The largest absolute Gasteiger partial charge is 0.397 e. The third kappa shape index (κ3) is 2.30. The number of anilines is 1. The van der Waals surface area contributed by atoms with Gasteiger partial charge in [0.2, 0.25) is 0 Å². The third-order valence-corrected chi connectivity index (χ3v) is 3.48. The lowest BCUT2D eigenvalue weighted by Crippen LogP contribution is -2.23. The van der Waals surface area contributed by atoms with Crippen molar-refractivity contribution in [2.24, 2.45) is 0 Å². The highest BCUT2D eigenvalue weighted by molar-refractivity contribution is 7.07. The second kappa shape index (κ2) is 4.74. The Morgan fingerprint density at radius 1 is 1.47 bits per heavy atom. The maximum atomic E-state index is 12.0. The number of benzene rings is 1. The van der Waals surface area contributed by atoms with Gasteiger partial charge in [-0.2, -0.15) is 0 Å². The van der Waals surface area contributed by atoms with Crippen LogP contribution in [-0.4, -0.2) is 15.9 Å². The van der Waals surface area contributed by atoms with Crippen LogP contribution in [0.1, 0.15) is 16.2 Å². The van der Waals surface area contributed by atoms with Gasteiger partial charge in [0, 0.05) is 10.8 Å². The summed E-state index contributed by atoms with van der Waals surface area (Å²) in [5.74, 6) is -0.163. The minimum absolute atomic E-state index is 0.163. The number of aromatic nitrogens is 2. The van der Waals surface area contributed by atoms with Crippen molar-refractivity contribution in [3.8, 4) is 0 Å². The molecule has 0 unspecified atom stereocenters. The number of nitrogens with zero attached hydrogens (tertiary/aromatic N) is 1. The molecule has 96 valence electrons. The molecule has 0 spiro atoms. The van der Waals surface area contributed by atoms with Crippen molar-refractivity contribution in [1.82, 2.24) is 15.3 Å². The number of rotatable bonds is 3. The number of H-pyrrole nitrogens is 1. The van der Waals surface area contributed by atoms with Gasteiger partial charge in [0.05, 0.1) is 29.0 Å². The highest BCUT2D eigenvalue weighted by Gasteiger charge is 2.10. The number of hydrogen-bond donors (Lipinski definition) is 3. The van der Waals surface area contributed by atoms with E-state index in [-0.39, 0.29) is 5.91 Å². The van der Waals surface area contributed by atoms with Crippen LogP contribution in [-0.2, 0) is 6.54 Å². The summed E-state index contributed by atoms with van der Waals surface area (Å²) in [5.41, 5.74) is 10.4. The second-order valence-corrected chi connectivity index (χ2v) is 4.88. The molecule has 0 saturated carbocycles. The fourth-order valence-electron chi connectivity index (χ4n) is 1.89. The molecule has 2 aromatic heterocycles. The molecule has 0 fully saturated rings. The van der Waals surface area contributed by atoms with Gasteiger partial charge in [-0.3, -0.25) is 4.79 Å². The van der Waals surface area contributed by atoms with E-state index in [2.05, 4.69) is 15.3 Å². The average Bonchev–Trinajstić information content (AvgIpc) is 3.05. The SMILES string of the molecule is Nc1cccc2cc(C(=O)NCc3cscn3)[nH]c12. The molecule has 0 radical (unpaired) electrons. The van der Waals surface area contributed by atoms with Crippen LogP contribution in [0.15, 0.2) is 35.2 Å². The fourth-order valence-corrected chi connectivity index (χ4v) is 2.45. The molecule has 4 N–H and O–H groups in total. The molecule has 3 aromatic rings. The Hall–Kier alpha value is -2.34. The van der Waals surface area contributed by atoms with Crippen LogP contribution in [0, 0.1) is 0 Å². The number of nitrogens with two attached hydrogens (primary N) is 1. The van der Waals surface area contributed by atoms with Crippen molar-refractivity contribution in [3.05, 3.63) is 46.5 Å². The van der Waals surface area contributed by atoms with Gasteiger partial charge in [-0.15, -0.1) is 11.3 Å². The van der Waals surface area contributed by atoms with Gasteiger partial charge in [-0.1, -0.05) is 12.1 Å². The smallest absolute Gasteiger partial charge is 0.268 e. The van der Waals surface area contributed by atoms with Gasteiger partial charge in [0.15, 0.2) is 0 Å². The monoisotopic (exact) mass is 272 g/mol. The highest BCUT2D eigenvalue weighted by Crippen LogP contribution is 2.21. The average molecular weight is 272 g/mol. The topological polar surface area (TPSA) is 83.8 Å². The van der Waals surface area contributed by atoms with Crippen molar-refractivity contribution >= 4 is 33.8 Å². The number of carbonyl (C=O) groups is 1. The zero-order chi connectivity index (χ0) is 13.2. The number of carbonyl (C=O) groups excluding carboxylic acids is 1. The first-order valence-corrected chi connectivity index (χ1v) is 6.71. The predicted molar refractivity (Wildman–Crippen MR) is 76.0 cm³/mol. The first kappa shape index (κ1) is 11.7. The van der Waals surface area contributed by atoms with Crippen LogP contribution in [0.4, 0.5) is 5.69 Å². The van der Waals surface area contributed by atoms with E-state index in [9.17, 15) is 4.79 Å². The van der Waals surface area contributed by atoms with Gasteiger partial charge in [0.1, 0.15) is 5.69 Å². The Kier molecular flexibility index (Phi) is 2.92. The molecule has 0 atom stereocenters. The molecule has 19 heavy (non-hydrogen) atoms. The number of amides is 1. The number of aromatic amines is 1. The van der Waals surface area contributed by atoms with Crippen LogP contribution < -0.4 is 11.1 Å². The molecular weight excluding hydrogens is 260 g/mol. The minimum atomic E-state index is -0.163. The van der Waals surface area contributed by atoms with Crippen LogP contribution in [0.5, 0.6) is 0 Å². The number of fused-ring (bicyclic) bond motifs is 1. The van der Waals surface area contributed by atoms with Gasteiger partial charge in [0.25, 0.3) is 5.91 Å². The summed E-state index contributed by atoms with van der Waals surface area (Å²) in [4.78, 5) is 19.2. The van der Waals surface area contributed by atoms with E-state index in [0.717, 1.165) is 16.6 Å². The highest BCUT2D eigenvalue weighted by atomic mass is 32.1. The third-order valence-electron chi connectivity index (χ3n) is 2.85. The van der Waals surface area contributed by atoms with E-state index < -0.39 is 0 Å². The van der Waals surface area contributed by atoms with E-state index >= 15 is 0 Å².